The maximum absolute atomic E-state index is 10.6. The van der Waals surface area contributed by atoms with Gasteiger partial charge >= 0.3 is 0 Å². The van der Waals surface area contributed by atoms with Crippen LogP contribution in [0.3, 0.4) is 0 Å². The van der Waals surface area contributed by atoms with Crippen LogP contribution in [0.4, 0.5) is 11.6 Å². The van der Waals surface area contributed by atoms with E-state index in [-0.39, 0.29) is 17.5 Å². The van der Waals surface area contributed by atoms with Crippen molar-refractivity contribution in [3.8, 4) is 0 Å². The van der Waals surface area contributed by atoms with Gasteiger partial charge in [0.05, 0.1) is 4.92 Å². The highest BCUT2D eigenvalue weighted by atomic mass is 16.6. The molecule has 19 heavy (non-hydrogen) atoms. The number of benzene rings is 1. The lowest BCUT2D eigenvalue weighted by atomic mass is 10.1. The van der Waals surface area contributed by atoms with E-state index in [1.807, 2.05) is 0 Å². The lowest BCUT2D eigenvalue weighted by Crippen LogP contribution is -2.28. The van der Waals surface area contributed by atoms with E-state index in [2.05, 4.69) is 20.7 Å². The van der Waals surface area contributed by atoms with Crippen molar-refractivity contribution in [3.63, 3.8) is 0 Å². The second-order valence-corrected chi connectivity index (χ2v) is 3.91. The largest absolute Gasteiger partial charge is 0.329 e. The third-order valence-electron chi connectivity index (χ3n) is 2.75. The van der Waals surface area contributed by atoms with Gasteiger partial charge in [-0.25, -0.2) is 4.98 Å². The highest BCUT2D eigenvalue weighted by Gasteiger charge is 2.22. The molecule has 0 spiro atoms. The van der Waals surface area contributed by atoms with E-state index < -0.39 is 4.92 Å². The van der Waals surface area contributed by atoms with Crippen molar-refractivity contribution in [1.29, 1.82) is 5.41 Å². The first-order chi connectivity index (χ1) is 9.15. The third-order valence-corrected chi connectivity index (χ3v) is 2.75. The molecule has 3 rings (SSSR count). The SMILES string of the molecule is N=c1ncnc2n1NC(c1ccc([N+](=O)[O-])cc1)N2. The molecule has 0 bridgehead atoms. The first-order valence-corrected chi connectivity index (χ1v) is 5.41. The van der Waals surface area contributed by atoms with Crippen LogP contribution in [0.15, 0.2) is 30.6 Å². The van der Waals surface area contributed by atoms with Gasteiger partial charge in [0.2, 0.25) is 11.6 Å². The number of nitro benzene ring substituents is 1. The Bertz CT molecular complexity index is 694. The molecular formula is C10H9N7O2. The van der Waals surface area contributed by atoms with Crippen LogP contribution in [-0.4, -0.2) is 19.6 Å². The molecule has 96 valence electrons. The normalized spacial score (nSPS) is 16.3. The van der Waals surface area contributed by atoms with Crippen molar-refractivity contribution < 1.29 is 4.92 Å². The minimum Gasteiger partial charge on any atom is -0.329 e. The number of nitrogens with one attached hydrogen (secondary N) is 3. The van der Waals surface area contributed by atoms with Crippen LogP contribution >= 0.6 is 0 Å². The van der Waals surface area contributed by atoms with Gasteiger partial charge in [-0.15, -0.1) is 0 Å². The zero-order chi connectivity index (χ0) is 13.4. The van der Waals surface area contributed by atoms with Crippen LogP contribution in [0.2, 0.25) is 0 Å². The van der Waals surface area contributed by atoms with E-state index >= 15 is 0 Å². The van der Waals surface area contributed by atoms with Gasteiger partial charge in [-0.05, 0) is 17.7 Å². The Hall–Kier alpha value is -2.97. The summed E-state index contributed by atoms with van der Waals surface area (Å²) in [6.45, 7) is 0. The molecule has 2 aromatic rings. The Kier molecular flexibility index (Phi) is 2.37. The molecule has 0 aliphatic carbocycles. The maximum Gasteiger partial charge on any atom is 0.269 e. The molecule has 0 radical (unpaired) electrons. The molecule has 9 nitrogen and oxygen atoms in total. The number of nitrogens with zero attached hydrogens (tertiary/aromatic N) is 4. The molecule has 0 saturated carbocycles. The fraction of sp³-hybridized carbons (Fsp3) is 0.100. The molecule has 0 amide bonds. The lowest BCUT2D eigenvalue weighted by Gasteiger charge is -2.10. The molecular weight excluding hydrogens is 250 g/mol. The molecule has 9 heteroatoms. The minimum atomic E-state index is -0.448. The summed E-state index contributed by atoms with van der Waals surface area (Å²) in [5.74, 6) is 0.475. The van der Waals surface area contributed by atoms with Gasteiger partial charge in [-0.2, -0.15) is 9.66 Å². The zero-order valence-electron chi connectivity index (χ0n) is 9.57. The average molecular weight is 259 g/mol. The third kappa shape index (κ3) is 1.86. The average Bonchev–Trinajstić information content (AvgIpc) is 2.84. The Morgan fingerprint density at radius 3 is 2.68 bits per heavy atom. The summed E-state index contributed by atoms with van der Waals surface area (Å²) in [7, 11) is 0. The lowest BCUT2D eigenvalue weighted by molar-refractivity contribution is -0.384. The zero-order valence-corrected chi connectivity index (χ0v) is 9.57. The molecule has 2 heterocycles. The number of hydrogen-bond acceptors (Lipinski definition) is 7. The second-order valence-electron chi connectivity index (χ2n) is 3.91. The first kappa shape index (κ1) is 11.1. The van der Waals surface area contributed by atoms with Crippen molar-refractivity contribution >= 4 is 11.6 Å². The summed E-state index contributed by atoms with van der Waals surface area (Å²) in [5.41, 5.74) is 3.86. The number of rotatable bonds is 2. The van der Waals surface area contributed by atoms with Gasteiger partial charge in [0.1, 0.15) is 12.5 Å². The number of nitro groups is 1. The van der Waals surface area contributed by atoms with E-state index in [1.54, 1.807) is 12.1 Å². The summed E-state index contributed by atoms with van der Waals surface area (Å²) >= 11 is 0. The molecule has 1 atom stereocenters. The molecule has 3 N–H and O–H groups in total. The Labute approximate surface area is 106 Å². The van der Waals surface area contributed by atoms with E-state index in [0.717, 1.165) is 5.56 Å². The monoisotopic (exact) mass is 259 g/mol. The van der Waals surface area contributed by atoms with Gasteiger partial charge in [0, 0.05) is 12.1 Å². The summed E-state index contributed by atoms with van der Waals surface area (Å²) in [6, 6.07) is 6.15. The fourth-order valence-corrected chi connectivity index (χ4v) is 1.81. The topological polar surface area (TPSA) is 122 Å². The molecule has 1 aliphatic rings. The van der Waals surface area contributed by atoms with E-state index in [0.29, 0.717) is 5.95 Å². The maximum atomic E-state index is 10.6. The summed E-state index contributed by atoms with van der Waals surface area (Å²) in [5, 5.41) is 21.2. The smallest absolute Gasteiger partial charge is 0.269 e. The van der Waals surface area contributed by atoms with Gasteiger partial charge in [-0.1, -0.05) is 0 Å². The highest BCUT2D eigenvalue weighted by Crippen LogP contribution is 2.23. The molecule has 1 aromatic heterocycles. The van der Waals surface area contributed by atoms with Crippen molar-refractivity contribution in [2.24, 2.45) is 0 Å². The molecule has 1 unspecified atom stereocenters. The van der Waals surface area contributed by atoms with Gasteiger partial charge < -0.3 is 5.32 Å². The minimum absolute atomic E-state index is 0.0295. The van der Waals surface area contributed by atoms with Gasteiger partial charge in [-0.3, -0.25) is 20.9 Å². The quantitative estimate of drug-likeness (QED) is 0.528. The summed E-state index contributed by atoms with van der Waals surface area (Å²) in [6.07, 6.45) is 0.989. The molecule has 0 saturated heterocycles. The van der Waals surface area contributed by atoms with Crippen molar-refractivity contribution in [2.45, 2.75) is 6.17 Å². The number of anilines is 1. The Morgan fingerprint density at radius 2 is 2.05 bits per heavy atom. The standard InChI is InChI=1S/C10H9N7O2/c11-9-12-5-13-10-14-8(15-16(9)10)6-1-3-7(4-2-6)17(18)19/h1-5,8,15H,(H2,11,12,13,14). The van der Waals surface area contributed by atoms with Crippen LogP contribution in [0, 0.1) is 15.5 Å². The van der Waals surface area contributed by atoms with E-state index in [9.17, 15) is 10.1 Å². The van der Waals surface area contributed by atoms with Crippen molar-refractivity contribution in [2.75, 3.05) is 10.7 Å². The van der Waals surface area contributed by atoms with Crippen LogP contribution < -0.4 is 16.4 Å². The van der Waals surface area contributed by atoms with Crippen molar-refractivity contribution in [3.05, 3.63) is 51.9 Å². The van der Waals surface area contributed by atoms with Gasteiger partial charge in [0.25, 0.3) is 5.69 Å². The molecule has 1 aromatic carbocycles. The number of aromatic nitrogens is 3. The van der Waals surface area contributed by atoms with Crippen LogP contribution in [0.25, 0.3) is 0 Å². The number of non-ortho nitro benzene ring substituents is 1. The van der Waals surface area contributed by atoms with Crippen molar-refractivity contribution in [1.82, 2.24) is 14.6 Å². The van der Waals surface area contributed by atoms with Crippen LogP contribution in [0.5, 0.6) is 0 Å². The Balaban J connectivity index is 1.88. The summed E-state index contributed by atoms with van der Waals surface area (Å²) in [4.78, 5) is 17.9. The first-order valence-electron chi connectivity index (χ1n) is 5.41. The number of hydrogen-bond donors (Lipinski definition) is 3. The van der Waals surface area contributed by atoms with E-state index in [4.69, 9.17) is 5.41 Å². The predicted octanol–water partition coefficient (Wildman–Crippen LogP) is 0.334. The number of fused-ring (bicyclic) bond motifs is 1. The Morgan fingerprint density at radius 1 is 1.32 bits per heavy atom. The van der Waals surface area contributed by atoms with E-state index in [1.165, 1.54) is 23.1 Å². The second kappa shape index (κ2) is 4.05. The molecule has 1 aliphatic heterocycles. The van der Waals surface area contributed by atoms with Crippen LogP contribution in [0.1, 0.15) is 11.7 Å². The highest BCUT2D eigenvalue weighted by molar-refractivity contribution is 5.42. The van der Waals surface area contributed by atoms with Crippen LogP contribution in [-0.2, 0) is 0 Å². The summed E-state index contributed by atoms with van der Waals surface area (Å²) < 4.78 is 1.41. The molecule has 0 fully saturated rings. The predicted molar refractivity (Wildman–Crippen MR) is 64.7 cm³/mol. The fourth-order valence-electron chi connectivity index (χ4n) is 1.81. The van der Waals surface area contributed by atoms with Gasteiger partial charge in [0.15, 0.2) is 0 Å².